The van der Waals surface area contributed by atoms with E-state index < -0.39 is 5.82 Å². The minimum Gasteiger partial charge on any atom is -0.384 e. The molecular formula is C14H14ClFN2O2. The maximum absolute atomic E-state index is 13.5. The van der Waals surface area contributed by atoms with E-state index in [2.05, 4.69) is 5.32 Å². The predicted octanol–water partition coefficient (Wildman–Crippen LogP) is 2.90. The Hall–Kier alpha value is -1.59. The first kappa shape index (κ1) is 13.4. The maximum atomic E-state index is 13.5. The molecule has 0 unspecified atom stereocenters. The van der Waals surface area contributed by atoms with Crippen LogP contribution in [0.5, 0.6) is 0 Å². The van der Waals surface area contributed by atoms with Crippen LogP contribution in [-0.4, -0.2) is 11.3 Å². The molecule has 3 rings (SSSR count). The Morgan fingerprint density at radius 3 is 2.95 bits per heavy atom. The van der Waals surface area contributed by atoms with Crippen molar-refractivity contribution in [2.75, 3.05) is 6.54 Å². The molecule has 2 heterocycles. The fraction of sp³-hybridized carbons (Fsp3) is 0.357. The summed E-state index contributed by atoms with van der Waals surface area (Å²) in [6.45, 7) is 0.743. The molecule has 0 amide bonds. The zero-order valence-corrected chi connectivity index (χ0v) is 11.4. The summed E-state index contributed by atoms with van der Waals surface area (Å²) in [5.74, 6) is -0.428. The number of aromatic nitrogens is 1. The van der Waals surface area contributed by atoms with Gasteiger partial charge in [-0.05, 0) is 37.1 Å². The second-order valence-electron chi connectivity index (χ2n) is 4.93. The molecule has 2 aromatic rings. The SMILES string of the molecule is O=c1ccon1[C@H]1CCN[C@@H](c2ccc(Cl)c(F)c2)C1. The minimum atomic E-state index is -0.428. The Balaban J connectivity index is 1.83. The molecule has 0 saturated carbocycles. The largest absolute Gasteiger partial charge is 0.384 e. The van der Waals surface area contributed by atoms with Crippen molar-refractivity contribution in [2.45, 2.75) is 24.9 Å². The van der Waals surface area contributed by atoms with E-state index in [1.165, 1.54) is 23.1 Å². The highest BCUT2D eigenvalue weighted by Crippen LogP contribution is 2.31. The van der Waals surface area contributed by atoms with Crippen molar-refractivity contribution < 1.29 is 8.91 Å². The third-order valence-electron chi connectivity index (χ3n) is 3.66. The van der Waals surface area contributed by atoms with Crippen LogP contribution < -0.4 is 10.9 Å². The van der Waals surface area contributed by atoms with Crippen LogP contribution >= 0.6 is 11.6 Å². The average molecular weight is 297 g/mol. The fourth-order valence-corrected chi connectivity index (χ4v) is 2.76. The van der Waals surface area contributed by atoms with Crippen molar-refractivity contribution in [2.24, 2.45) is 0 Å². The molecule has 0 bridgehead atoms. The number of piperidine rings is 1. The number of rotatable bonds is 2. The molecule has 1 aromatic carbocycles. The summed E-state index contributed by atoms with van der Waals surface area (Å²) >= 11 is 5.69. The van der Waals surface area contributed by atoms with Gasteiger partial charge in [0, 0.05) is 12.1 Å². The second-order valence-corrected chi connectivity index (χ2v) is 5.34. The van der Waals surface area contributed by atoms with Gasteiger partial charge in [-0.25, -0.2) is 4.39 Å². The highest BCUT2D eigenvalue weighted by atomic mass is 35.5. The summed E-state index contributed by atoms with van der Waals surface area (Å²) in [4.78, 5) is 11.6. The van der Waals surface area contributed by atoms with Crippen molar-refractivity contribution in [3.63, 3.8) is 0 Å². The van der Waals surface area contributed by atoms with Crippen LogP contribution in [0.3, 0.4) is 0 Å². The minimum absolute atomic E-state index is 0.0116. The van der Waals surface area contributed by atoms with Crippen LogP contribution in [0, 0.1) is 5.82 Å². The zero-order chi connectivity index (χ0) is 14.1. The van der Waals surface area contributed by atoms with E-state index in [0.717, 1.165) is 18.5 Å². The van der Waals surface area contributed by atoms with E-state index in [1.54, 1.807) is 12.1 Å². The fourth-order valence-electron chi connectivity index (χ4n) is 2.64. The summed E-state index contributed by atoms with van der Waals surface area (Å²) in [5, 5.41) is 3.44. The number of nitrogens with zero attached hydrogens (tertiary/aromatic N) is 1. The van der Waals surface area contributed by atoms with E-state index in [1.807, 2.05) is 0 Å². The summed E-state index contributed by atoms with van der Waals surface area (Å²) in [5.41, 5.74) is 0.689. The molecule has 1 aliphatic rings. The van der Waals surface area contributed by atoms with Crippen molar-refractivity contribution >= 4 is 11.6 Å². The van der Waals surface area contributed by atoms with Gasteiger partial charge >= 0.3 is 0 Å². The summed E-state index contributed by atoms with van der Waals surface area (Å²) in [7, 11) is 0. The topological polar surface area (TPSA) is 47.2 Å². The lowest BCUT2D eigenvalue weighted by Gasteiger charge is -2.30. The van der Waals surface area contributed by atoms with Crippen molar-refractivity contribution in [1.29, 1.82) is 0 Å². The van der Waals surface area contributed by atoms with Gasteiger partial charge in [-0.3, -0.25) is 4.79 Å². The Bertz CT molecular complexity index is 667. The third kappa shape index (κ3) is 2.51. The van der Waals surface area contributed by atoms with Gasteiger partial charge in [-0.15, -0.1) is 0 Å². The summed E-state index contributed by atoms with van der Waals surface area (Å²) < 4.78 is 20.1. The van der Waals surface area contributed by atoms with Crippen molar-refractivity contribution in [3.05, 3.63) is 57.3 Å². The Kier molecular flexibility index (Phi) is 3.63. The lowest BCUT2D eigenvalue weighted by atomic mass is 9.94. The first-order valence-corrected chi connectivity index (χ1v) is 6.88. The molecule has 106 valence electrons. The Labute approximate surface area is 120 Å². The number of nitrogens with one attached hydrogen (secondary N) is 1. The first-order valence-electron chi connectivity index (χ1n) is 6.50. The summed E-state index contributed by atoms with van der Waals surface area (Å²) in [6.07, 6.45) is 2.87. The van der Waals surface area contributed by atoms with Gasteiger partial charge < -0.3 is 9.84 Å². The van der Waals surface area contributed by atoms with Crippen LogP contribution in [0.2, 0.25) is 5.02 Å². The second kappa shape index (κ2) is 5.42. The molecule has 2 atom stereocenters. The number of benzene rings is 1. The zero-order valence-electron chi connectivity index (χ0n) is 10.7. The normalized spacial score (nSPS) is 22.9. The molecule has 6 heteroatoms. The molecule has 20 heavy (non-hydrogen) atoms. The highest BCUT2D eigenvalue weighted by molar-refractivity contribution is 6.30. The molecule has 1 fully saturated rings. The van der Waals surface area contributed by atoms with E-state index in [0.29, 0.717) is 6.42 Å². The van der Waals surface area contributed by atoms with E-state index >= 15 is 0 Å². The summed E-state index contributed by atoms with van der Waals surface area (Å²) in [6, 6.07) is 6.17. The van der Waals surface area contributed by atoms with Crippen LogP contribution in [-0.2, 0) is 0 Å². The monoisotopic (exact) mass is 296 g/mol. The first-order chi connectivity index (χ1) is 9.65. The maximum Gasteiger partial charge on any atom is 0.282 e. The molecule has 0 spiro atoms. The molecule has 1 N–H and O–H groups in total. The van der Waals surface area contributed by atoms with Crippen LogP contribution in [0.25, 0.3) is 0 Å². The molecule has 1 saturated heterocycles. The molecular weight excluding hydrogens is 283 g/mol. The average Bonchev–Trinajstić information content (AvgIpc) is 2.88. The van der Waals surface area contributed by atoms with Crippen molar-refractivity contribution in [1.82, 2.24) is 10.1 Å². The molecule has 1 aliphatic heterocycles. The molecule has 0 aliphatic carbocycles. The standard InChI is InChI=1S/C14H14ClFN2O2/c15-11-2-1-9(7-12(11)16)13-8-10(3-5-17-13)18-14(19)4-6-20-18/h1-2,4,6-7,10,13,17H,3,5,8H2/t10-,13+/m0/s1. The molecule has 4 nitrogen and oxygen atoms in total. The van der Waals surface area contributed by atoms with E-state index in [4.69, 9.17) is 16.1 Å². The number of hydrogen-bond acceptors (Lipinski definition) is 3. The Morgan fingerprint density at radius 2 is 2.25 bits per heavy atom. The van der Waals surface area contributed by atoms with Gasteiger partial charge in [0.25, 0.3) is 5.56 Å². The lowest BCUT2D eigenvalue weighted by Crippen LogP contribution is -2.35. The molecule has 1 aromatic heterocycles. The highest BCUT2D eigenvalue weighted by Gasteiger charge is 2.26. The number of hydrogen-bond donors (Lipinski definition) is 1. The van der Waals surface area contributed by atoms with Gasteiger partial charge in [-0.1, -0.05) is 17.7 Å². The predicted molar refractivity (Wildman–Crippen MR) is 73.4 cm³/mol. The van der Waals surface area contributed by atoms with Crippen LogP contribution in [0.1, 0.15) is 30.5 Å². The number of halogens is 2. The quantitative estimate of drug-likeness (QED) is 0.927. The van der Waals surface area contributed by atoms with Gasteiger partial charge in [-0.2, -0.15) is 4.74 Å². The third-order valence-corrected chi connectivity index (χ3v) is 3.96. The molecule has 0 radical (unpaired) electrons. The van der Waals surface area contributed by atoms with Crippen LogP contribution in [0.4, 0.5) is 4.39 Å². The lowest BCUT2D eigenvalue weighted by molar-refractivity contribution is 0.161. The Morgan fingerprint density at radius 1 is 1.40 bits per heavy atom. The van der Waals surface area contributed by atoms with Gasteiger partial charge in [0.15, 0.2) is 0 Å². The van der Waals surface area contributed by atoms with Crippen LogP contribution in [0.15, 0.2) is 39.8 Å². The van der Waals surface area contributed by atoms with Gasteiger partial charge in [0.1, 0.15) is 12.1 Å². The van der Waals surface area contributed by atoms with Gasteiger partial charge in [0.2, 0.25) is 0 Å². The van der Waals surface area contributed by atoms with Gasteiger partial charge in [0.05, 0.1) is 11.1 Å². The van der Waals surface area contributed by atoms with E-state index in [9.17, 15) is 9.18 Å². The van der Waals surface area contributed by atoms with Crippen molar-refractivity contribution in [3.8, 4) is 0 Å². The van der Waals surface area contributed by atoms with E-state index in [-0.39, 0.29) is 22.7 Å². The smallest absolute Gasteiger partial charge is 0.282 e.